The molecule has 84 valence electrons. The lowest BCUT2D eigenvalue weighted by Gasteiger charge is -2.14. The first kappa shape index (κ1) is 10.8. The maximum Gasteiger partial charge on any atom is 0.126 e. The van der Waals surface area contributed by atoms with Gasteiger partial charge < -0.3 is 10.1 Å². The third-order valence-corrected chi connectivity index (χ3v) is 2.55. The molecule has 1 N–H and O–H groups in total. The molecule has 2 aromatic carbocycles. The molecular formula is C14H17NO. The van der Waals surface area contributed by atoms with E-state index in [9.17, 15) is 0 Å². The fourth-order valence-corrected chi connectivity index (χ4v) is 1.90. The van der Waals surface area contributed by atoms with Gasteiger partial charge in [-0.2, -0.15) is 0 Å². The fourth-order valence-electron chi connectivity index (χ4n) is 1.90. The van der Waals surface area contributed by atoms with E-state index in [4.69, 9.17) is 4.74 Å². The molecule has 0 saturated heterocycles. The van der Waals surface area contributed by atoms with Crippen LogP contribution in [0.3, 0.4) is 0 Å². The number of rotatable bonds is 3. The van der Waals surface area contributed by atoms with Crippen LogP contribution in [0.25, 0.3) is 10.8 Å². The van der Waals surface area contributed by atoms with Crippen molar-refractivity contribution in [2.24, 2.45) is 0 Å². The highest BCUT2D eigenvalue weighted by Crippen LogP contribution is 2.30. The molecule has 0 fully saturated rings. The highest BCUT2D eigenvalue weighted by molar-refractivity contribution is 5.97. The van der Waals surface area contributed by atoms with E-state index in [0.29, 0.717) is 6.04 Å². The van der Waals surface area contributed by atoms with Crippen molar-refractivity contribution in [1.29, 1.82) is 0 Å². The first-order valence-corrected chi connectivity index (χ1v) is 5.54. The van der Waals surface area contributed by atoms with Gasteiger partial charge in [-0.15, -0.1) is 0 Å². The van der Waals surface area contributed by atoms with Crippen LogP contribution in [0.1, 0.15) is 13.8 Å². The van der Waals surface area contributed by atoms with Gasteiger partial charge in [0.1, 0.15) is 5.75 Å². The molecule has 0 amide bonds. The smallest absolute Gasteiger partial charge is 0.126 e. The van der Waals surface area contributed by atoms with Crippen LogP contribution in [0.2, 0.25) is 0 Å². The Kier molecular flexibility index (Phi) is 3.00. The summed E-state index contributed by atoms with van der Waals surface area (Å²) in [6.45, 7) is 4.28. The van der Waals surface area contributed by atoms with Gasteiger partial charge >= 0.3 is 0 Å². The van der Waals surface area contributed by atoms with Crippen LogP contribution in [0.4, 0.5) is 5.69 Å². The summed E-state index contributed by atoms with van der Waals surface area (Å²) in [5.74, 6) is 0.921. The summed E-state index contributed by atoms with van der Waals surface area (Å²) >= 11 is 0. The number of fused-ring (bicyclic) bond motifs is 1. The van der Waals surface area contributed by atoms with E-state index in [1.807, 2.05) is 12.1 Å². The lowest BCUT2D eigenvalue weighted by molar-refractivity contribution is 0.420. The molecule has 0 unspecified atom stereocenters. The van der Waals surface area contributed by atoms with Gasteiger partial charge in [0.25, 0.3) is 0 Å². The largest absolute Gasteiger partial charge is 0.496 e. The highest BCUT2D eigenvalue weighted by atomic mass is 16.5. The Bertz CT molecular complexity index is 491. The number of methoxy groups -OCH3 is 1. The van der Waals surface area contributed by atoms with Crippen molar-refractivity contribution in [3.63, 3.8) is 0 Å². The van der Waals surface area contributed by atoms with Crippen LogP contribution in [-0.4, -0.2) is 13.2 Å². The molecule has 0 heterocycles. The second kappa shape index (κ2) is 4.44. The second-order valence-electron chi connectivity index (χ2n) is 4.16. The summed E-state index contributed by atoms with van der Waals surface area (Å²) in [4.78, 5) is 0. The number of anilines is 1. The van der Waals surface area contributed by atoms with E-state index >= 15 is 0 Å². The molecule has 0 aliphatic rings. The van der Waals surface area contributed by atoms with Gasteiger partial charge in [-0.05, 0) is 26.0 Å². The van der Waals surface area contributed by atoms with Crippen molar-refractivity contribution >= 4 is 16.5 Å². The molecule has 2 nitrogen and oxygen atoms in total. The van der Waals surface area contributed by atoms with Gasteiger partial charge in [0.2, 0.25) is 0 Å². The molecule has 0 aromatic heterocycles. The molecule has 0 spiro atoms. The van der Waals surface area contributed by atoms with Crippen molar-refractivity contribution in [3.8, 4) is 5.75 Å². The third kappa shape index (κ3) is 1.96. The Morgan fingerprint density at radius 3 is 2.38 bits per heavy atom. The van der Waals surface area contributed by atoms with E-state index in [1.165, 1.54) is 5.39 Å². The Labute approximate surface area is 96.2 Å². The molecular weight excluding hydrogens is 198 g/mol. The van der Waals surface area contributed by atoms with Gasteiger partial charge in [0.05, 0.1) is 7.11 Å². The molecule has 0 atom stereocenters. The minimum Gasteiger partial charge on any atom is -0.496 e. The standard InChI is InChI=1S/C14H17NO/c1-10(2)15-13-8-4-7-12-11(13)6-5-9-14(12)16-3/h4-10,15H,1-3H3. The number of ether oxygens (including phenoxy) is 1. The van der Waals surface area contributed by atoms with Crippen LogP contribution in [0.15, 0.2) is 36.4 Å². The number of nitrogens with one attached hydrogen (secondary N) is 1. The van der Waals surface area contributed by atoms with E-state index in [1.54, 1.807) is 7.11 Å². The molecule has 0 radical (unpaired) electrons. The van der Waals surface area contributed by atoms with Crippen LogP contribution >= 0.6 is 0 Å². The summed E-state index contributed by atoms with van der Waals surface area (Å²) < 4.78 is 5.36. The third-order valence-electron chi connectivity index (χ3n) is 2.55. The molecule has 2 heteroatoms. The van der Waals surface area contributed by atoms with E-state index in [-0.39, 0.29) is 0 Å². The second-order valence-corrected chi connectivity index (χ2v) is 4.16. The molecule has 2 rings (SSSR count). The van der Waals surface area contributed by atoms with Crippen molar-refractivity contribution in [2.45, 2.75) is 19.9 Å². The SMILES string of the molecule is COc1cccc2c(NC(C)C)cccc12. The summed E-state index contributed by atoms with van der Waals surface area (Å²) in [6.07, 6.45) is 0. The molecule has 0 aliphatic carbocycles. The summed E-state index contributed by atoms with van der Waals surface area (Å²) in [7, 11) is 1.71. The minimum absolute atomic E-state index is 0.428. The Morgan fingerprint density at radius 2 is 1.69 bits per heavy atom. The minimum atomic E-state index is 0.428. The van der Waals surface area contributed by atoms with Gasteiger partial charge in [0, 0.05) is 22.5 Å². The topological polar surface area (TPSA) is 21.3 Å². The van der Waals surface area contributed by atoms with Crippen molar-refractivity contribution in [3.05, 3.63) is 36.4 Å². The predicted molar refractivity (Wildman–Crippen MR) is 69.3 cm³/mol. The van der Waals surface area contributed by atoms with Crippen molar-refractivity contribution in [1.82, 2.24) is 0 Å². The van der Waals surface area contributed by atoms with Crippen LogP contribution in [0, 0.1) is 0 Å². The molecule has 16 heavy (non-hydrogen) atoms. The zero-order chi connectivity index (χ0) is 11.5. The molecule has 0 aliphatic heterocycles. The Hall–Kier alpha value is -1.70. The normalized spacial score (nSPS) is 10.8. The van der Waals surface area contributed by atoms with E-state index in [0.717, 1.165) is 16.8 Å². The number of hydrogen-bond acceptors (Lipinski definition) is 2. The molecule has 0 saturated carbocycles. The lowest BCUT2D eigenvalue weighted by atomic mass is 10.1. The highest BCUT2D eigenvalue weighted by Gasteiger charge is 2.05. The van der Waals surface area contributed by atoms with Crippen molar-refractivity contribution in [2.75, 3.05) is 12.4 Å². The summed E-state index contributed by atoms with van der Waals surface area (Å²) in [5, 5.41) is 5.80. The first-order valence-electron chi connectivity index (χ1n) is 5.54. The average molecular weight is 215 g/mol. The first-order chi connectivity index (χ1) is 7.72. The van der Waals surface area contributed by atoms with E-state index < -0.39 is 0 Å². The zero-order valence-corrected chi connectivity index (χ0v) is 9.95. The Balaban J connectivity index is 2.59. The van der Waals surface area contributed by atoms with Crippen molar-refractivity contribution < 1.29 is 4.74 Å². The number of benzene rings is 2. The quantitative estimate of drug-likeness (QED) is 0.843. The van der Waals surface area contributed by atoms with E-state index in [2.05, 4.69) is 43.4 Å². The van der Waals surface area contributed by atoms with Gasteiger partial charge in [-0.3, -0.25) is 0 Å². The maximum absolute atomic E-state index is 5.36. The summed E-state index contributed by atoms with van der Waals surface area (Å²) in [5.41, 5.74) is 1.16. The molecule has 0 bridgehead atoms. The number of hydrogen-bond donors (Lipinski definition) is 1. The Morgan fingerprint density at radius 1 is 1.00 bits per heavy atom. The van der Waals surface area contributed by atoms with Crippen LogP contribution < -0.4 is 10.1 Å². The van der Waals surface area contributed by atoms with Gasteiger partial charge in [-0.1, -0.05) is 24.3 Å². The monoisotopic (exact) mass is 215 g/mol. The average Bonchev–Trinajstić information content (AvgIpc) is 2.28. The van der Waals surface area contributed by atoms with Crippen LogP contribution in [-0.2, 0) is 0 Å². The predicted octanol–water partition coefficient (Wildman–Crippen LogP) is 3.67. The lowest BCUT2D eigenvalue weighted by Crippen LogP contribution is -2.09. The molecule has 2 aromatic rings. The summed E-state index contributed by atoms with van der Waals surface area (Å²) in [6, 6.07) is 12.8. The van der Waals surface area contributed by atoms with Gasteiger partial charge in [0.15, 0.2) is 0 Å². The zero-order valence-electron chi connectivity index (χ0n) is 9.95. The fraction of sp³-hybridized carbons (Fsp3) is 0.286. The maximum atomic E-state index is 5.36. The van der Waals surface area contributed by atoms with Gasteiger partial charge in [-0.25, -0.2) is 0 Å². The van der Waals surface area contributed by atoms with Crippen LogP contribution in [0.5, 0.6) is 5.75 Å².